The Kier molecular flexibility index (Phi) is 9.28. The van der Waals surface area contributed by atoms with Crippen LogP contribution in [0.3, 0.4) is 0 Å². The molecule has 8 nitrogen and oxygen atoms in total. The van der Waals surface area contributed by atoms with Crippen molar-refractivity contribution < 1.29 is 38.0 Å². The summed E-state index contributed by atoms with van der Waals surface area (Å²) in [7, 11) is -4.73. The molecular formula is C12H21O8P. The number of hydrogen-bond donors (Lipinski definition) is 2. The second-order valence-electron chi connectivity index (χ2n) is 4.96. The molecule has 0 radical (unpaired) electrons. The topological polar surface area (TPSA) is 127 Å². The number of phosphoric ester groups is 1. The maximum absolute atomic E-state index is 11.4. The summed E-state index contributed by atoms with van der Waals surface area (Å²) in [5.41, 5.74) is 0. The SMILES string of the molecule is CC(C)CCCC(=O)CC(=O)OCC(=O)COP(=O)(O)O. The minimum atomic E-state index is -4.73. The smallest absolute Gasteiger partial charge is 0.457 e. The van der Waals surface area contributed by atoms with Crippen LogP contribution in [0.25, 0.3) is 0 Å². The number of carbonyl (C=O) groups is 3. The van der Waals surface area contributed by atoms with Crippen LogP contribution in [0.4, 0.5) is 0 Å². The number of ketones is 2. The minimum Gasteiger partial charge on any atom is -0.457 e. The summed E-state index contributed by atoms with van der Waals surface area (Å²) in [4.78, 5) is 50.5. The summed E-state index contributed by atoms with van der Waals surface area (Å²) in [5, 5.41) is 0. The van der Waals surface area contributed by atoms with E-state index in [0.29, 0.717) is 12.3 Å². The zero-order chi connectivity index (χ0) is 16.5. The van der Waals surface area contributed by atoms with Crippen molar-refractivity contribution in [3.05, 3.63) is 0 Å². The van der Waals surface area contributed by atoms with E-state index >= 15 is 0 Å². The lowest BCUT2D eigenvalue weighted by Crippen LogP contribution is -2.19. The van der Waals surface area contributed by atoms with E-state index in [4.69, 9.17) is 9.79 Å². The third-order valence-corrected chi connectivity index (χ3v) is 2.83. The first-order valence-electron chi connectivity index (χ1n) is 6.49. The summed E-state index contributed by atoms with van der Waals surface area (Å²) >= 11 is 0. The van der Waals surface area contributed by atoms with Crippen molar-refractivity contribution in [2.75, 3.05) is 13.2 Å². The quantitative estimate of drug-likeness (QED) is 0.327. The molecule has 0 saturated heterocycles. The van der Waals surface area contributed by atoms with Crippen molar-refractivity contribution in [1.29, 1.82) is 0 Å². The highest BCUT2D eigenvalue weighted by atomic mass is 31.2. The maximum Gasteiger partial charge on any atom is 0.470 e. The fourth-order valence-electron chi connectivity index (χ4n) is 1.37. The van der Waals surface area contributed by atoms with E-state index in [2.05, 4.69) is 9.26 Å². The summed E-state index contributed by atoms with van der Waals surface area (Å²) < 4.78 is 18.8. The molecule has 0 heterocycles. The monoisotopic (exact) mass is 324 g/mol. The second-order valence-corrected chi connectivity index (χ2v) is 6.20. The van der Waals surface area contributed by atoms with Crippen LogP contribution in [0.15, 0.2) is 0 Å². The summed E-state index contributed by atoms with van der Waals surface area (Å²) in [6.45, 7) is 2.52. The largest absolute Gasteiger partial charge is 0.470 e. The number of Topliss-reactive ketones (excluding diaryl/α,β-unsaturated/α-hetero) is 2. The number of esters is 1. The van der Waals surface area contributed by atoms with Gasteiger partial charge in [-0.3, -0.25) is 18.9 Å². The third-order valence-electron chi connectivity index (χ3n) is 2.37. The predicted octanol–water partition coefficient (Wildman–Crippen LogP) is 0.993. The minimum absolute atomic E-state index is 0.264. The van der Waals surface area contributed by atoms with Crippen LogP contribution in [0.1, 0.15) is 39.5 Å². The molecule has 0 atom stereocenters. The molecule has 122 valence electrons. The Morgan fingerprint density at radius 2 is 1.71 bits per heavy atom. The molecule has 21 heavy (non-hydrogen) atoms. The lowest BCUT2D eigenvalue weighted by atomic mass is 10.0. The molecule has 0 unspecified atom stereocenters. The van der Waals surface area contributed by atoms with Crippen molar-refractivity contribution in [3.63, 3.8) is 0 Å². The number of phosphoric acid groups is 1. The third kappa shape index (κ3) is 13.7. The fraction of sp³-hybridized carbons (Fsp3) is 0.750. The molecule has 0 aromatic rings. The van der Waals surface area contributed by atoms with Gasteiger partial charge in [0, 0.05) is 6.42 Å². The highest BCUT2D eigenvalue weighted by Gasteiger charge is 2.18. The first-order valence-corrected chi connectivity index (χ1v) is 8.02. The van der Waals surface area contributed by atoms with Crippen LogP contribution >= 0.6 is 7.82 Å². The number of ether oxygens (including phenoxy) is 1. The van der Waals surface area contributed by atoms with Gasteiger partial charge in [-0.25, -0.2) is 4.57 Å². The highest BCUT2D eigenvalue weighted by Crippen LogP contribution is 2.35. The van der Waals surface area contributed by atoms with Gasteiger partial charge in [0.25, 0.3) is 0 Å². The lowest BCUT2D eigenvalue weighted by molar-refractivity contribution is -0.150. The van der Waals surface area contributed by atoms with Crippen LogP contribution in [0, 0.1) is 5.92 Å². The van der Waals surface area contributed by atoms with Crippen LogP contribution in [0.5, 0.6) is 0 Å². The molecule has 0 amide bonds. The highest BCUT2D eigenvalue weighted by molar-refractivity contribution is 7.46. The average molecular weight is 324 g/mol. The number of carbonyl (C=O) groups excluding carboxylic acids is 3. The fourth-order valence-corrected chi connectivity index (χ4v) is 1.68. The predicted molar refractivity (Wildman–Crippen MR) is 72.3 cm³/mol. The van der Waals surface area contributed by atoms with E-state index in [-0.39, 0.29) is 12.2 Å². The number of rotatable bonds is 11. The van der Waals surface area contributed by atoms with Crippen LogP contribution in [0.2, 0.25) is 0 Å². The van der Waals surface area contributed by atoms with E-state index in [1.165, 1.54) is 0 Å². The average Bonchev–Trinajstić information content (AvgIpc) is 2.32. The molecule has 0 rings (SSSR count). The normalized spacial score (nSPS) is 11.5. The van der Waals surface area contributed by atoms with Gasteiger partial charge >= 0.3 is 13.8 Å². The van der Waals surface area contributed by atoms with Gasteiger partial charge in [0.15, 0.2) is 12.4 Å². The van der Waals surface area contributed by atoms with Gasteiger partial charge in [-0.1, -0.05) is 20.3 Å². The molecule has 0 aliphatic rings. The Balaban J connectivity index is 3.81. The van der Waals surface area contributed by atoms with E-state index in [9.17, 15) is 18.9 Å². The van der Waals surface area contributed by atoms with Gasteiger partial charge in [-0.15, -0.1) is 0 Å². The van der Waals surface area contributed by atoms with E-state index in [0.717, 1.165) is 6.42 Å². The first kappa shape index (κ1) is 19.9. The van der Waals surface area contributed by atoms with Crippen molar-refractivity contribution in [3.8, 4) is 0 Å². The molecule has 0 aliphatic carbocycles. The van der Waals surface area contributed by atoms with Crippen molar-refractivity contribution >= 4 is 25.4 Å². The zero-order valence-corrected chi connectivity index (χ0v) is 13.0. The van der Waals surface area contributed by atoms with Crippen molar-refractivity contribution in [2.45, 2.75) is 39.5 Å². The first-order chi connectivity index (χ1) is 9.60. The molecule has 0 saturated carbocycles. The molecular weight excluding hydrogens is 303 g/mol. The molecule has 0 aromatic heterocycles. The summed E-state index contributed by atoms with van der Waals surface area (Å²) in [5.74, 6) is -1.43. The van der Waals surface area contributed by atoms with E-state index < -0.39 is 39.2 Å². The number of hydrogen-bond acceptors (Lipinski definition) is 6. The molecule has 2 N–H and O–H groups in total. The van der Waals surface area contributed by atoms with E-state index in [1.54, 1.807) is 0 Å². The van der Waals surface area contributed by atoms with Crippen molar-refractivity contribution in [2.24, 2.45) is 5.92 Å². The standard InChI is InChI=1S/C12H21O8P/c1-9(2)4-3-5-10(13)6-12(15)19-7-11(14)8-20-21(16,17)18/h9H,3-8H2,1-2H3,(H2,16,17,18). The Hall–Kier alpha value is -1.08. The Labute approximate surface area is 123 Å². The van der Waals surface area contributed by atoms with E-state index in [1.807, 2.05) is 13.8 Å². The molecule has 0 bridgehead atoms. The van der Waals surface area contributed by atoms with Crippen LogP contribution < -0.4 is 0 Å². The van der Waals surface area contributed by atoms with Crippen molar-refractivity contribution in [1.82, 2.24) is 0 Å². The molecule has 9 heteroatoms. The Morgan fingerprint density at radius 3 is 2.24 bits per heavy atom. The Morgan fingerprint density at radius 1 is 1.10 bits per heavy atom. The van der Waals surface area contributed by atoms with Gasteiger partial charge in [-0.05, 0) is 12.3 Å². The molecule has 0 aromatic carbocycles. The molecule has 0 spiro atoms. The maximum atomic E-state index is 11.4. The zero-order valence-electron chi connectivity index (χ0n) is 12.1. The molecule has 0 fully saturated rings. The summed E-state index contributed by atoms with van der Waals surface area (Å²) in [6, 6.07) is 0. The lowest BCUT2D eigenvalue weighted by Gasteiger charge is -2.06. The van der Waals surface area contributed by atoms with Gasteiger partial charge in [0.2, 0.25) is 0 Å². The Bertz CT molecular complexity index is 411. The second kappa shape index (κ2) is 9.78. The van der Waals surface area contributed by atoms with Crippen LogP contribution in [-0.4, -0.2) is 40.5 Å². The molecule has 0 aliphatic heterocycles. The summed E-state index contributed by atoms with van der Waals surface area (Å²) in [6.07, 6.45) is 1.45. The van der Waals surface area contributed by atoms with Gasteiger partial charge in [0.05, 0.1) is 0 Å². The van der Waals surface area contributed by atoms with Gasteiger partial charge in [0.1, 0.15) is 18.8 Å². The van der Waals surface area contributed by atoms with Gasteiger partial charge in [-0.2, -0.15) is 0 Å². The van der Waals surface area contributed by atoms with Gasteiger partial charge < -0.3 is 14.5 Å². The van der Waals surface area contributed by atoms with Crippen LogP contribution in [-0.2, 0) is 28.2 Å².